The van der Waals surface area contributed by atoms with Crippen LogP contribution in [-0.4, -0.2) is 39.2 Å². The molecule has 0 spiro atoms. The van der Waals surface area contributed by atoms with E-state index in [0.29, 0.717) is 35.9 Å². The SMILES string of the molecule is Cc1ccc(Cn2nc(C)c(C(=O)N(C)CCc3ccccn3)c2Cl)cc1. The number of aromatic nitrogens is 3. The highest BCUT2D eigenvalue weighted by Gasteiger charge is 2.23. The highest BCUT2D eigenvalue weighted by atomic mass is 35.5. The van der Waals surface area contributed by atoms with Crippen LogP contribution in [0, 0.1) is 13.8 Å². The van der Waals surface area contributed by atoms with Crippen LogP contribution in [0.15, 0.2) is 48.7 Å². The molecule has 0 N–H and O–H groups in total. The number of rotatable bonds is 6. The van der Waals surface area contributed by atoms with Crippen molar-refractivity contribution in [1.82, 2.24) is 19.7 Å². The Kier molecular flexibility index (Phi) is 5.91. The van der Waals surface area contributed by atoms with Crippen LogP contribution >= 0.6 is 11.6 Å². The number of benzene rings is 1. The third-order valence-corrected chi connectivity index (χ3v) is 4.89. The largest absolute Gasteiger partial charge is 0.341 e. The van der Waals surface area contributed by atoms with Gasteiger partial charge in [-0.1, -0.05) is 47.5 Å². The maximum absolute atomic E-state index is 12.9. The molecule has 2 aromatic heterocycles. The van der Waals surface area contributed by atoms with Crippen LogP contribution in [-0.2, 0) is 13.0 Å². The summed E-state index contributed by atoms with van der Waals surface area (Å²) >= 11 is 6.51. The highest BCUT2D eigenvalue weighted by Crippen LogP contribution is 2.22. The number of hydrogen-bond donors (Lipinski definition) is 0. The van der Waals surface area contributed by atoms with Crippen molar-refractivity contribution in [1.29, 1.82) is 0 Å². The van der Waals surface area contributed by atoms with Gasteiger partial charge in [0.1, 0.15) is 5.15 Å². The van der Waals surface area contributed by atoms with Crippen molar-refractivity contribution in [3.05, 3.63) is 81.9 Å². The van der Waals surface area contributed by atoms with Gasteiger partial charge in [-0.15, -0.1) is 0 Å². The smallest absolute Gasteiger partial charge is 0.258 e. The molecule has 0 aliphatic carbocycles. The van der Waals surface area contributed by atoms with Gasteiger partial charge in [-0.3, -0.25) is 9.78 Å². The van der Waals surface area contributed by atoms with Crippen molar-refractivity contribution < 1.29 is 4.79 Å². The average molecular weight is 383 g/mol. The summed E-state index contributed by atoms with van der Waals surface area (Å²) in [6.07, 6.45) is 2.45. The van der Waals surface area contributed by atoms with Gasteiger partial charge in [-0.2, -0.15) is 5.10 Å². The lowest BCUT2D eigenvalue weighted by atomic mass is 10.1. The summed E-state index contributed by atoms with van der Waals surface area (Å²) in [6, 6.07) is 14.0. The molecule has 0 unspecified atom stereocenters. The van der Waals surface area contributed by atoms with E-state index in [1.54, 1.807) is 22.8 Å². The Balaban J connectivity index is 1.72. The molecule has 0 aliphatic rings. The molecule has 1 amide bonds. The van der Waals surface area contributed by atoms with E-state index in [1.165, 1.54) is 5.56 Å². The van der Waals surface area contributed by atoms with Crippen LogP contribution < -0.4 is 0 Å². The summed E-state index contributed by atoms with van der Waals surface area (Å²) < 4.78 is 1.68. The summed E-state index contributed by atoms with van der Waals surface area (Å²) in [5, 5.41) is 4.85. The fourth-order valence-electron chi connectivity index (χ4n) is 2.89. The normalized spacial score (nSPS) is 10.8. The Bertz CT molecular complexity index is 919. The second-order valence-electron chi connectivity index (χ2n) is 6.69. The first-order chi connectivity index (χ1) is 13.0. The molecular weight excluding hydrogens is 360 g/mol. The number of carbonyl (C=O) groups is 1. The molecule has 0 saturated carbocycles. The third kappa shape index (κ3) is 4.55. The predicted molar refractivity (Wildman–Crippen MR) is 107 cm³/mol. The molecule has 6 heteroatoms. The van der Waals surface area contributed by atoms with Gasteiger partial charge < -0.3 is 4.90 Å². The van der Waals surface area contributed by atoms with Crippen LogP contribution in [0.3, 0.4) is 0 Å². The zero-order valence-electron chi connectivity index (χ0n) is 15.8. The van der Waals surface area contributed by atoms with Crippen molar-refractivity contribution in [3.63, 3.8) is 0 Å². The van der Waals surface area contributed by atoms with Gasteiger partial charge in [0.05, 0.1) is 17.8 Å². The Labute approximate surface area is 164 Å². The topological polar surface area (TPSA) is 51.0 Å². The van der Waals surface area contributed by atoms with Crippen LogP contribution in [0.4, 0.5) is 0 Å². The minimum atomic E-state index is -0.122. The molecule has 140 valence electrons. The molecule has 0 saturated heterocycles. The predicted octanol–water partition coefficient (Wildman–Crippen LogP) is 3.91. The van der Waals surface area contributed by atoms with Gasteiger partial charge in [-0.25, -0.2) is 4.68 Å². The molecule has 0 atom stereocenters. The number of nitrogens with zero attached hydrogens (tertiary/aromatic N) is 4. The first-order valence-electron chi connectivity index (χ1n) is 8.89. The van der Waals surface area contributed by atoms with Crippen LogP contribution in [0.5, 0.6) is 0 Å². The zero-order chi connectivity index (χ0) is 19.4. The summed E-state index contributed by atoms with van der Waals surface area (Å²) in [4.78, 5) is 18.8. The van der Waals surface area contributed by atoms with Crippen molar-refractivity contribution in [2.24, 2.45) is 0 Å². The lowest BCUT2D eigenvalue weighted by Crippen LogP contribution is -2.29. The van der Waals surface area contributed by atoms with E-state index in [4.69, 9.17) is 11.6 Å². The van der Waals surface area contributed by atoms with Gasteiger partial charge in [0.25, 0.3) is 5.91 Å². The van der Waals surface area contributed by atoms with Crippen LogP contribution in [0.2, 0.25) is 5.15 Å². The number of pyridine rings is 1. The second-order valence-corrected chi connectivity index (χ2v) is 7.05. The first kappa shape index (κ1) is 19.1. The van der Waals surface area contributed by atoms with Crippen LogP contribution in [0.25, 0.3) is 0 Å². The van der Waals surface area contributed by atoms with Crippen molar-refractivity contribution >= 4 is 17.5 Å². The van der Waals surface area contributed by atoms with Gasteiger partial charge >= 0.3 is 0 Å². The minimum Gasteiger partial charge on any atom is -0.341 e. The van der Waals surface area contributed by atoms with E-state index < -0.39 is 0 Å². The zero-order valence-corrected chi connectivity index (χ0v) is 16.6. The van der Waals surface area contributed by atoms with E-state index in [2.05, 4.69) is 22.2 Å². The maximum Gasteiger partial charge on any atom is 0.258 e. The summed E-state index contributed by atoms with van der Waals surface area (Å²) in [7, 11) is 1.78. The molecule has 0 bridgehead atoms. The number of amides is 1. The van der Waals surface area contributed by atoms with Crippen molar-refractivity contribution in [2.75, 3.05) is 13.6 Å². The van der Waals surface area contributed by atoms with E-state index in [9.17, 15) is 4.79 Å². The van der Waals surface area contributed by atoms with Gasteiger partial charge in [0.2, 0.25) is 0 Å². The molecule has 27 heavy (non-hydrogen) atoms. The van der Waals surface area contributed by atoms with Crippen molar-refractivity contribution in [3.8, 4) is 0 Å². The number of likely N-dealkylation sites (N-methyl/N-ethyl adjacent to an activating group) is 1. The number of aryl methyl sites for hydroxylation is 2. The number of carbonyl (C=O) groups excluding carboxylic acids is 1. The number of hydrogen-bond acceptors (Lipinski definition) is 3. The van der Waals surface area contributed by atoms with Crippen molar-refractivity contribution in [2.45, 2.75) is 26.8 Å². The fourth-order valence-corrected chi connectivity index (χ4v) is 3.20. The molecular formula is C21H23ClN4O. The summed E-state index contributed by atoms with van der Waals surface area (Å²) in [5.41, 5.74) is 4.35. The Morgan fingerprint density at radius 3 is 2.56 bits per heavy atom. The monoisotopic (exact) mass is 382 g/mol. The van der Waals surface area contributed by atoms with E-state index in [-0.39, 0.29) is 5.91 Å². The Hall–Kier alpha value is -2.66. The van der Waals surface area contributed by atoms with E-state index in [1.807, 2.05) is 44.2 Å². The minimum absolute atomic E-state index is 0.122. The quantitative estimate of drug-likeness (QED) is 0.649. The molecule has 3 rings (SSSR count). The molecule has 0 aliphatic heterocycles. The maximum atomic E-state index is 12.9. The molecule has 1 aromatic carbocycles. The molecule has 3 aromatic rings. The molecule has 0 fully saturated rings. The lowest BCUT2D eigenvalue weighted by molar-refractivity contribution is 0.0795. The summed E-state index contributed by atoms with van der Waals surface area (Å²) in [6.45, 7) is 4.96. The van der Waals surface area contributed by atoms with E-state index >= 15 is 0 Å². The second kappa shape index (κ2) is 8.35. The molecule has 2 heterocycles. The number of halogens is 1. The summed E-state index contributed by atoms with van der Waals surface area (Å²) in [5.74, 6) is -0.122. The molecule has 0 radical (unpaired) electrons. The Morgan fingerprint density at radius 1 is 1.15 bits per heavy atom. The molecule has 5 nitrogen and oxygen atoms in total. The van der Waals surface area contributed by atoms with Gasteiger partial charge in [0.15, 0.2) is 0 Å². The van der Waals surface area contributed by atoms with E-state index in [0.717, 1.165) is 11.3 Å². The third-order valence-electron chi connectivity index (χ3n) is 4.51. The lowest BCUT2D eigenvalue weighted by Gasteiger charge is -2.17. The highest BCUT2D eigenvalue weighted by molar-refractivity contribution is 6.33. The fraction of sp³-hybridized carbons (Fsp3) is 0.286. The standard InChI is InChI=1S/C21H23ClN4O/c1-15-7-9-17(10-8-15)14-26-20(22)19(16(2)24-26)21(27)25(3)13-11-18-6-4-5-12-23-18/h4-10,12H,11,13-14H2,1-3H3. The first-order valence-corrected chi connectivity index (χ1v) is 9.27. The Morgan fingerprint density at radius 2 is 1.89 bits per heavy atom. The average Bonchev–Trinajstić information content (AvgIpc) is 2.95. The van der Waals surface area contributed by atoms with Crippen LogP contribution in [0.1, 0.15) is 32.9 Å². The van der Waals surface area contributed by atoms with Gasteiger partial charge in [-0.05, 0) is 31.5 Å². The van der Waals surface area contributed by atoms with Gasteiger partial charge in [0, 0.05) is 31.9 Å².